The molecule has 12 fully saturated rings. The quantitative estimate of drug-likeness (QED) is 0.0239. The standard InChI is InChI=1S/C93H153N7O18/c1-52(16-25-82(113)116-13)64-19-22-67-85-70(46-76(107)91(64,67)10)88(7)31-28-61(40-58(88)43-73(85)104)98(55(4)101)49-79(110)94-34-37-97(38-35-95-80(111)50-99(56(5)102)62-29-32-89(8)59(41-62)44-74(105)86-68-23-20-65(53(2)17-26-83(114)117-14)92(68,11)77(108)47-71(86)89)39-36-96-81(112)51-100(57(6)103)63-30-33-90(9)60(42-63)45-75(106)87-69-24-21-66(54(3)18-27-84(115)118-15)93(69,12)78(109)48-72(87)90/h52-54,58-78,85-87,104-109H,16-51H2,1-15H3,(H,94,110)(H,95,111)(H,96,112)/t52-,53-,54-,58+,59+,60+,61-,62-,63-,64-,65-,66-,67+,68+,69+,70+,71+,72+,73-,74-,75-,76+,77+,78+,85+,86+,87+,88+,89+,90+,91-,92-,93-/m1/s1. The molecule has 118 heavy (non-hydrogen) atoms. The molecule has 25 nitrogen and oxygen atoms in total. The molecule has 668 valence electrons. The van der Waals surface area contributed by atoms with Crippen LogP contribution in [-0.2, 0) is 57.4 Å². The number of carbonyl (C=O) groups excluding carboxylic acids is 9. The number of nitrogens with one attached hydrogen (secondary N) is 3. The van der Waals surface area contributed by atoms with Gasteiger partial charge in [-0.25, -0.2) is 0 Å². The predicted octanol–water partition coefficient (Wildman–Crippen LogP) is 8.86. The van der Waals surface area contributed by atoms with E-state index in [0.717, 1.165) is 57.8 Å². The molecule has 0 saturated heterocycles. The molecule has 0 heterocycles. The molecule has 12 aliphatic carbocycles. The van der Waals surface area contributed by atoms with Crippen LogP contribution < -0.4 is 16.0 Å². The zero-order chi connectivity index (χ0) is 85.8. The van der Waals surface area contributed by atoms with Crippen molar-refractivity contribution in [2.75, 3.05) is 80.2 Å². The molecule has 12 saturated carbocycles. The number of methoxy groups -OCH3 is 3. The molecule has 0 aromatic rings. The van der Waals surface area contributed by atoms with Crippen molar-refractivity contribution in [2.45, 2.75) is 311 Å². The number of fused-ring (bicyclic) bond motifs is 15. The molecule has 6 amide bonds. The van der Waals surface area contributed by atoms with E-state index in [0.29, 0.717) is 135 Å². The average Bonchev–Trinajstić information content (AvgIpc) is 1.41. The van der Waals surface area contributed by atoms with E-state index < -0.39 is 52.9 Å². The van der Waals surface area contributed by atoms with E-state index in [1.165, 1.54) is 42.1 Å². The van der Waals surface area contributed by atoms with Crippen LogP contribution in [-0.4, -0.2) is 239 Å². The molecule has 33 atom stereocenters. The lowest BCUT2D eigenvalue weighted by atomic mass is 9.43. The van der Waals surface area contributed by atoms with Gasteiger partial charge >= 0.3 is 17.9 Å². The highest BCUT2D eigenvalue weighted by Gasteiger charge is 2.70. The summed E-state index contributed by atoms with van der Waals surface area (Å²) in [6.45, 7) is 25.6. The van der Waals surface area contributed by atoms with E-state index >= 15 is 0 Å². The number of ether oxygens (including phenoxy) is 3. The van der Waals surface area contributed by atoms with E-state index in [9.17, 15) is 73.8 Å². The van der Waals surface area contributed by atoms with Crippen molar-refractivity contribution in [3.63, 3.8) is 0 Å². The second-order valence-electron chi connectivity index (χ2n) is 42.2. The zero-order valence-electron chi connectivity index (χ0n) is 74.4. The maximum Gasteiger partial charge on any atom is 0.305 e. The summed E-state index contributed by atoms with van der Waals surface area (Å²) >= 11 is 0. The molecule has 25 heteroatoms. The number of nitrogens with zero attached hydrogens (tertiary/aromatic N) is 4. The fourth-order valence-electron chi connectivity index (χ4n) is 30.7. The van der Waals surface area contributed by atoms with Gasteiger partial charge in [-0.15, -0.1) is 0 Å². The molecule has 0 unspecified atom stereocenters. The van der Waals surface area contributed by atoms with Gasteiger partial charge in [-0.2, -0.15) is 0 Å². The molecule has 0 aromatic carbocycles. The lowest BCUT2D eigenvalue weighted by Crippen LogP contribution is -2.63. The van der Waals surface area contributed by atoms with Gasteiger partial charge in [-0.1, -0.05) is 62.3 Å². The van der Waals surface area contributed by atoms with Crippen LogP contribution in [0.4, 0.5) is 0 Å². The van der Waals surface area contributed by atoms with Gasteiger partial charge in [0.1, 0.15) is 0 Å². The minimum atomic E-state index is -0.582. The highest BCUT2D eigenvalue weighted by Crippen LogP contribution is 2.73. The van der Waals surface area contributed by atoms with Crippen molar-refractivity contribution >= 4 is 53.4 Å². The van der Waals surface area contributed by atoms with Gasteiger partial charge < -0.3 is 75.5 Å². The van der Waals surface area contributed by atoms with Crippen molar-refractivity contribution in [1.29, 1.82) is 0 Å². The Morgan fingerprint density at radius 2 is 0.619 bits per heavy atom. The number of carbonyl (C=O) groups is 9. The summed E-state index contributed by atoms with van der Waals surface area (Å²) in [5.74, 6) is -0.286. The minimum absolute atomic E-state index is 0.0214. The molecule has 12 aliphatic rings. The Balaban J connectivity index is 0.669. The average molecular weight is 1660 g/mol. The first-order valence-electron chi connectivity index (χ1n) is 46.4. The number of amides is 6. The number of hydrogen-bond donors (Lipinski definition) is 9. The Morgan fingerprint density at radius 1 is 0.364 bits per heavy atom. The first-order chi connectivity index (χ1) is 55.7. The second-order valence-corrected chi connectivity index (χ2v) is 42.2. The van der Waals surface area contributed by atoms with Crippen LogP contribution >= 0.6 is 0 Å². The number of rotatable bonds is 30. The summed E-state index contributed by atoms with van der Waals surface area (Å²) in [6, 6.07) is -0.729. The van der Waals surface area contributed by atoms with E-state index in [2.05, 4.69) is 78.3 Å². The van der Waals surface area contributed by atoms with E-state index in [1.807, 2.05) is 4.90 Å². The third-order valence-corrected chi connectivity index (χ3v) is 37.4. The lowest BCUT2D eigenvalue weighted by molar-refractivity contribution is -0.205. The topological polar surface area (TPSA) is 352 Å². The number of aliphatic hydroxyl groups excluding tert-OH is 6. The Hall–Kier alpha value is -5.05. The Bertz CT molecular complexity index is 3230. The minimum Gasteiger partial charge on any atom is -0.469 e. The number of esters is 3. The van der Waals surface area contributed by atoms with Gasteiger partial charge in [-0.3, -0.25) is 48.1 Å². The molecule has 0 aromatic heterocycles. The van der Waals surface area contributed by atoms with Gasteiger partial charge in [0.25, 0.3) is 0 Å². The summed E-state index contributed by atoms with van der Waals surface area (Å²) in [7, 11) is 4.23. The summed E-state index contributed by atoms with van der Waals surface area (Å²) < 4.78 is 14.9. The molecule has 9 N–H and O–H groups in total. The predicted molar refractivity (Wildman–Crippen MR) is 444 cm³/mol. The normalized spacial score (nSPS) is 42.1. The van der Waals surface area contributed by atoms with Crippen LogP contribution in [0, 0.1) is 139 Å². The van der Waals surface area contributed by atoms with Gasteiger partial charge in [-0.05, 0) is 293 Å². The Kier molecular flexibility index (Phi) is 28.9. The molecular weight excluding hydrogens is 1500 g/mol. The van der Waals surface area contributed by atoms with Crippen LogP contribution in [0.5, 0.6) is 0 Å². The largest absolute Gasteiger partial charge is 0.469 e. The molecule has 0 spiro atoms. The molecule has 12 rings (SSSR count). The van der Waals surface area contributed by atoms with Gasteiger partial charge in [0.05, 0.1) is 77.6 Å². The summed E-state index contributed by atoms with van der Waals surface area (Å²) in [5, 5.41) is 83.1. The maximum absolute atomic E-state index is 14.2. The first-order valence-corrected chi connectivity index (χ1v) is 46.4. The number of aliphatic hydroxyl groups is 6. The fourth-order valence-corrected chi connectivity index (χ4v) is 30.7. The fraction of sp³-hybridized carbons (Fsp3) is 0.903. The molecule has 0 radical (unpaired) electrons. The van der Waals surface area contributed by atoms with Crippen molar-refractivity contribution in [3.05, 3.63) is 0 Å². The monoisotopic (exact) mass is 1660 g/mol. The van der Waals surface area contributed by atoms with Crippen LogP contribution in [0.15, 0.2) is 0 Å². The maximum atomic E-state index is 14.2. The third-order valence-electron chi connectivity index (χ3n) is 37.4. The van der Waals surface area contributed by atoms with Crippen LogP contribution in [0.25, 0.3) is 0 Å². The van der Waals surface area contributed by atoms with Crippen molar-refractivity contribution < 1.29 is 88.0 Å². The highest BCUT2D eigenvalue weighted by atomic mass is 16.5. The third kappa shape index (κ3) is 17.5. The molecule has 0 bridgehead atoms. The van der Waals surface area contributed by atoms with Gasteiger partial charge in [0, 0.05) is 97.4 Å². The first kappa shape index (κ1) is 92.1. The smallest absolute Gasteiger partial charge is 0.305 e. The highest BCUT2D eigenvalue weighted by molar-refractivity contribution is 5.85. The van der Waals surface area contributed by atoms with Crippen LogP contribution in [0.2, 0.25) is 0 Å². The number of hydrogen-bond acceptors (Lipinski definition) is 19. The van der Waals surface area contributed by atoms with Crippen molar-refractivity contribution in [2.24, 2.45) is 139 Å². The molecular formula is C93H153N7O18. The summed E-state index contributed by atoms with van der Waals surface area (Å²) in [4.78, 5) is 128. The van der Waals surface area contributed by atoms with Crippen molar-refractivity contribution in [3.8, 4) is 0 Å². The van der Waals surface area contributed by atoms with Crippen LogP contribution in [0.3, 0.4) is 0 Å². The summed E-state index contributed by atoms with van der Waals surface area (Å²) in [5.41, 5.74) is -1.77. The van der Waals surface area contributed by atoms with E-state index in [-0.39, 0.29) is 234 Å². The summed E-state index contributed by atoms with van der Waals surface area (Å²) in [6.07, 6.45) is 14.9. The Labute approximate surface area is 703 Å². The second kappa shape index (κ2) is 37.0. The van der Waals surface area contributed by atoms with E-state index in [4.69, 9.17) is 14.2 Å². The van der Waals surface area contributed by atoms with E-state index in [1.54, 1.807) is 14.7 Å². The molecule has 0 aliphatic heterocycles. The van der Waals surface area contributed by atoms with Gasteiger partial charge in [0.2, 0.25) is 35.4 Å². The van der Waals surface area contributed by atoms with Crippen LogP contribution in [0.1, 0.15) is 256 Å². The zero-order valence-corrected chi connectivity index (χ0v) is 74.4. The Morgan fingerprint density at radius 3 is 0.856 bits per heavy atom. The van der Waals surface area contributed by atoms with Gasteiger partial charge in [0.15, 0.2) is 0 Å². The SMILES string of the molecule is COC(=O)CC[C@@H](C)[C@H]1CC[C@H]2[C@@H]3[C@H](O)C[C@@H]4C[C@H](N(CC(=O)NCCN(CCNC(=O)CN(C(C)=O)[C@@H]5CC[C@@]6(C)[C@@H](C5)C[C@@H](O)[C@@H]5[C@@H]6C[C@H](O)[C@]6(C)[C@@H]([C@H](C)CCC(=O)OC)CC[C@@H]56)CCNC(=O)CN(C(C)=O)[C@@H]5CC[C@@]6(C)[C@@H](C5)C[C@@H](O)[C@@H]5[C@@H]6C[C@H](O)[C@]6(C)[C@@H]([C@H](C)CCC(=O)OC)CC[C@@H]56)C(C)=O)CC[C@]4(C)[C@H]3C[C@H](O)[C@]12C. The van der Waals surface area contributed by atoms with Crippen molar-refractivity contribution in [1.82, 2.24) is 35.6 Å². The lowest BCUT2D eigenvalue weighted by Gasteiger charge is -2.64.